The normalized spacial score (nSPS) is 22.1. The summed E-state index contributed by atoms with van der Waals surface area (Å²) >= 11 is 0. The van der Waals surface area contributed by atoms with Gasteiger partial charge in [-0.2, -0.15) is 0 Å². The van der Waals surface area contributed by atoms with E-state index in [1.807, 2.05) is 24.3 Å². The van der Waals surface area contributed by atoms with Gasteiger partial charge in [-0.15, -0.1) is 0 Å². The van der Waals surface area contributed by atoms with E-state index in [2.05, 4.69) is 15.3 Å². The third-order valence-electron chi connectivity index (χ3n) is 4.02. The van der Waals surface area contributed by atoms with Crippen LogP contribution in [0.5, 0.6) is 0 Å². The number of hydrogen-bond donors (Lipinski definition) is 1. The lowest BCUT2D eigenvalue weighted by atomic mass is 9.93. The first kappa shape index (κ1) is 13.9. The molecular formula is C16H19N3O2. The second-order valence-corrected chi connectivity index (χ2v) is 5.43. The summed E-state index contributed by atoms with van der Waals surface area (Å²) in [5.41, 5.74) is 1.92. The average molecular weight is 285 g/mol. The highest BCUT2D eigenvalue weighted by Crippen LogP contribution is 2.20. The summed E-state index contributed by atoms with van der Waals surface area (Å²) in [6.07, 6.45) is 5.75. The Labute approximate surface area is 123 Å². The molecule has 3 rings (SSSR count). The van der Waals surface area contributed by atoms with E-state index in [9.17, 15) is 4.79 Å². The molecule has 1 N–H and O–H groups in total. The highest BCUT2D eigenvalue weighted by atomic mass is 16.5. The van der Waals surface area contributed by atoms with E-state index in [-0.39, 0.29) is 11.9 Å². The number of nitrogens with one attached hydrogen (secondary N) is 1. The molecule has 2 aromatic rings. The molecule has 0 radical (unpaired) electrons. The number of amides is 1. The van der Waals surface area contributed by atoms with Crippen molar-refractivity contribution < 1.29 is 9.53 Å². The fraction of sp³-hybridized carbons (Fsp3) is 0.438. The summed E-state index contributed by atoms with van der Waals surface area (Å²) in [7, 11) is 1.74. The van der Waals surface area contributed by atoms with Crippen LogP contribution < -0.4 is 5.32 Å². The number of nitrogens with zero attached hydrogens (tertiary/aromatic N) is 2. The van der Waals surface area contributed by atoms with Crippen molar-refractivity contribution >= 4 is 16.9 Å². The van der Waals surface area contributed by atoms with Gasteiger partial charge >= 0.3 is 0 Å². The van der Waals surface area contributed by atoms with Crippen molar-refractivity contribution in [1.82, 2.24) is 15.3 Å². The fourth-order valence-electron chi connectivity index (χ4n) is 2.77. The van der Waals surface area contributed by atoms with Crippen LogP contribution in [0.25, 0.3) is 11.0 Å². The highest BCUT2D eigenvalue weighted by Gasteiger charge is 2.23. The van der Waals surface area contributed by atoms with Gasteiger partial charge in [-0.1, -0.05) is 12.1 Å². The van der Waals surface area contributed by atoms with Crippen LogP contribution in [0.3, 0.4) is 0 Å². The van der Waals surface area contributed by atoms with Crippen molar-refractivity contribution in [2.75, 3.05) is 7.11 Å². The molecule has 1 aliphatic rings. The molecular weight excluding hydrogens is 266 g/mol. The number of benzene rings is 1. The Kier molecular flexibility index (Phi) is 4.10. The Bertz CT molecular complexity index is 636. The molecule has 0 atom stereocenters. The van der Waals surface area contributed by atoms with Crippen molar-refractivity contribution in [3.8, 4) is 0 Å². The molecule has 1 aliphatic carbocycles. The summed E-state index contributed by atoms with van der Waals surface area (Å²) in [6, 6.07) is 7.76. The molecule has 0 bridgehead atoms. The van der Waals surface area contributed by atoms with Crippen LogP contribution in [0.15, 0.2) is 30.5 Å². The Morgan fingerprint density at radius 1 is 1.19 bits per heavy atom. The second-order valence-electron chi connectivity index (χ2n) is 5.43. The lowest BCUT2D eigenvalue weighted by Gasteiger charge is -2.28. The van der Waals surface area contributed by atoms with E-state index in [0.717, 1.165) is 36.7 Å². The summed E-state index contributed by atoms with van der Waals surface area (Å²) < 4.78 is 5.34. The number of fused-ring (bicyclic) bond motifs is 1. The molecule has 1 aromatic heterocycles. The zero-order chi connectivity index (χ0) is 14.7. The molecule has 0 spiro atoms. The van der Waals surface area contributed by atoms with Gasteiger partial charge in [-0.25, -0.2) is 4.98 Å². The van der Waals surface area contributed by atoms with Gasteiger partial charge in [0.15, 0.2) is 0 Å². The van der Waals surface area contributed by atoms with Crippen molar-refractivity contribution in [2.45, 2.75) is 37.8 Å². The number of carbonyl (C=O) groups excluding carboxylic acids is 1. The third-order valence-corrected chi connectivity index (χ3v) is 4.02. The molecule has 1 saturated carbocycles. The van der Waals surface area contributed by atoms with E-state index in [1.54, 1.807) is 13.3 Å². The van der Waals surface area contributed by atoms with Crippen LogP contribution >= 0.6 is 0 Å². The Hall–Kier alpha value is -2.01. The van der Waals surface area contributed by atoms with Crippen LogP contribution in [-0.4, -0.2) is 35.1 Å². The lowest BCUT2D eigenvalue weighted by Crippen LogP contribution is -2.39. The first-order chi connectivity index (χ1) is 10.3. The van der Waals surface area contributed by atoms with Gasteiger partial charge in [-0.05, 0) is 37.8 Å². The second kappa shape index (κ2) is 6.18. The maximum absolute atomic E-state index is 12.3. The van der Waals surface area contributed by atoms with Gasteiger partial charge < -0.3 is 10.1 Å². The summed E-state index contributed by atoms with van der Waals surface area (Å²) in [5.74, 6) is -0.144. The minimum absolute atomic E-state index is 0.144. The standard InChI is InChI=1S/C16H19N3O2/c1-21-12-8-6-11(7-9-12)18-16(20)15-10-17-13-4-2-3-5-14(13)19-15/h2-5,10-12H,6-9H2,1H3,(H,18,20). The zero-order valence-electron chi connectivity index (χ0n) is 12.1. The number of para-hydroxylation sites is 2. The maximum atomic E-state index is 12.3. The number of ether oxygens (including phenoxy) is 1. The van der Waals surface area contributed by atoms with Crippen molar-refractivity contribution in [1.29, 1.82) is 0 Å². The summed E-state index contributed by atoms with van der Waals surface area (Å²) in [4.78, 5) is 20.9. The molecule has 21 heavy (non-hydrogen) atoms. The van der Waals surface area contributed by atoms with Crippen LogP contribution in [0.4, 0.5) is 0 Å². The Morgan fingerprint density at radius 2 is 1.90 bits per heavy atom. The molecule has 5 nitrogen and oxygen atoms in total. The van der Waals surface area contributed by atoms with E-state index >= 15 is 0 Å². The molecule has 1 fully saturated rings. The van der Waals surface area contributed by atoms with Crippen molar-refractivity contribution in [3.05, 3.63) is 36.2 Å². The molecule has 0 saturated heterocycles. The van der Waals surface area contributed by atoms with Crippen LogP contribution in [-0.2, 0) is 4.74 Å². The van der Waals surface area contributed by atoms with E-state index in [0.29, 0.717) is 11.8 Å². The zero-order valence-corrected chi connectivity index (χ0v) is 12.1. The van der Waals surface area contributed by atoms with Gasteiger partial charge in [0.2, 0.25) is 0 Å². The molecule has 1 aromatic carbocycles. The first-order valence-corrected chi connectivity index (χ1v) is 7.31. The predicted octanol–water partition coefficient (Wildman–Crippen LogP) is 2.32. The van der Waals surface area contributed by atoms with E-state index in [4.69, 9.17) is 4.74 Å². The summed E-state index contributed by atoms with van der Waals surface area (Å²) in [5, 5.41) is 3.05. The highest BCUT2D eigenvalue weighted by molar-refractivity contribution is 5.93. The van der Waals surface area contributed by atoms with Gasteiger partial charge in [-0.3, -0.25) is 9.78 Å². The van der Waals surface area contributed by atoms with Crippen LogP contribution in [0.1, 0.15) is 36.2 Å². The largest absolute Gasteiger partial charge is 0.381 e. The van der Waals surface area contributed by atoms with Crippen LogP contribution in [0.2, 0.25) is 0 Å². The first-order valence-electron chi connectivity index (χ1n) is 7.31. The molecule has 0 unspecified atom stereocenters. The molecule has 1 amide bonds. The summed E-state index contributed by atoms with van der Waals surface area (Å²) in [6.45, 7) is 0. The molecule has 1 heterocycles. The van der Waals surface area contributed by atoms with E-state index < -0.39 is 0 Å². The van der Waals surface area contributed by atoms with Crippen molar-refractivity contribution in [2.24, 2.45) is 0 Å². The molecule has 110 valence electrons. The smallest absolute Gasteiger partial charge is 0.271 e. The SMILES string of the molecule is COC1CCC(NC(=O)c2cnc3ccccc3n2)CC1. The third kappa shape index (κ3) is 3.19. The monoisotopic (exact) mass is 285 g/mol. The van der Waals surface area contributed by atoms with Gasteiger partial charge in [0.25, 0.3) is 5.91 Å². The Balaban J connectivity index is 1.67. The minimum Gasteiger partial charge on any atom is -0.381 e. The number of aromatic nitrogens is 2. The lowest BCUT2D eigenvalue weighted by molar-refractivity contribution is 0.0598. The van der Waals surface area contributed by atoms with E-state index in [1.165, 1.54) is 0 Å². The quantitative estimate of drug-likeness (QED) is 0.940. The fourth-order valence-corrected chi connectivity index (χ4v) is 2.77. The topological polar surface area (TPSA) is 64.1 Å². The molecule has 0 aliphatic heterocycles. The maximum Gasteiger partial charge on any atom is 0.271 e. The van der Waals surface area contributed by atoms with Gasteiger partial charge in [0, 0.05) is 13.2 Å². The number of hydrogen-bond acceptors (Lipinski definition) is 4. The minimum atomic E-state index is -0.144. The number of methoxy groups -OCH3 is 1. The number of carbonyl (C=O) groups is 1. The van der Waals surface area contributed by atoms with Crippen molar-refractivity contribution in [3.63, 3.8) is 0 Å². The Morgan fingerprint density at radius 3 is 2.62 bits per heavy atom. The van der Waals surface area contributed by atoms with Crippen LogP contribution in [0, 0.1) is 0 Å². The molecule has 5 heteroatoms. The predicted molar refractivity (Wildman–Crippen MR) is 80.1 cm³/mol. The van der Waals surface area contributed by atoms with Gasteiger partial charge in [0.1, 0.15) is 5.69 Å². The van der Waals surface area contributed by atoms with Gasteiger partial charge in [0.05, 0.1) is 23.3 Å². The average Bonchev–Trinajstić information content (AvgIpc) is 2.55. The number of rotatable bonds is 3.